The van der Waals surface area contributed by atoms with Gasteiger partial charge in [0.05, 0.1) is 0 Å². The molecule has 0 atom stereocenters. The van der Waals surface area contributed by atoms with Gasteiger partial charge in [0, 0.05) is 37.4 Å². The van der Waals surface area contributed by atoms with E-state index in [2.05, 4.69) is 60.7 Å². The van der Waals surface area contributed by atoms with Crippen LogP contribution >= 0.6 is 0 Å². The zero-order chi connectivity index (χ0) is 23.4. The van der Waals surface area contributed by atoms with Gasteiger partial charge in [0.25, 0.3) is 0 Å². The van der Waals surface area contributed by atoms with Gasteiger partial charge in [-0.05, 0) is 100 Å². The first kappa shape index (κ1) is 24.3. The highest BCUT2D eigenvalue weighted by molar-refractivity contribution is 5.94. The lowest BCUT2D eigenvalue weighted by Crippen LogP contribution is -2.45. The average Bonchev–Trinajstić information content (AvgIpc) is 2.78. The zero-order valence-electron chi connectivity index (χ0n) is 21.1. The number of rotatable bonds is 7. The van der Waals surface area contributed by atoms with Gasteiger partial charge in [0.2, 0.25) is 0 Å². The van der Waals surface area contributed by atoms with Gasteiger partial charge >= 0.3 is 6.03 Å². The van der Waals surface area contributed by atoms with Crippen LogP contribution in [0.15, 0.2) is 30.5 Å². The van der Waals surface area contributed by atoms with E-state index < -0.39 is 0 Å². The first-order valence-corrected chi connectivity index (χ1v) is 13.2. The first-order valence-electron chi connectivity index (χ1n) is 13.2. The van der Waals surface area contributed by atoms with Crippen LogP contribution in [0, 0.1) is 24.7 Å². The maximum Gasteiger partial charge on any atom is 0.326 e. The summed E-state index contributed by atoms with van der Waals surface area (Å²) in [7, 11) is 0. The van der Waals surface area contributed by atoms with Crippen LogP contribution in [-0.2, 0) is 6.54 Å². The van der Waals surface area contributed by atoms with Crippen molar-refractivity contribution in [1.82, 2.24) is 15.1 Å². The number of anilines is 1. The average molecular weight is 453 g/mol. The molecule has 5 nitrogen and oxygen atoms in total. The minimum atomic E-state index is -0.0534. The van der Waals surface area contributed by atoms with E-state index in [-0.39, 0.29) is 6.03 Å². The molecule has 0 unspecified atom stereocenters. The number of aryl methyl sites for hydroxylation is 1. The second kappa shape index (κ2) is 11.1. The Kier molecular flexibility index (Phi) is 8.13. The Balaban J connectivity index is 1.24. The molecule has 5 heteroatoms. The molecule has 3 heterocycles. The van der Waals surface area contributed by atoms with Gasteiger partial charge in [-0.25, -0.2) is 4.79 Å². The number of nitrogens with zero attached hydrogens (tertiary/aromatic N) is 3. The van der Waals surface area contributed by atoms with Crippen LogP contribution in [0.5, 0.6) is 0 Å². The molecule has 0 saturated carbocycles. The molecule has 182 valence electrons. The molecule has 1 aromatic rings. The lowest BCUT2D eigenvalue weighted by Gasteiger charge is -2.37. The Hall–Kier alpha value is -1.85. The number of hydrogen-bond donors (Lipinski definition) is 1. The summed E-state index contributed by atoms with van der Waals surface area (Å²) in [5.74, 6) is 2.63. The minimum Gasteiger partial charge on any atom is -0.312 e. The maximum absolute atomic E-state index is 12.5. The van der Waals surface area contributed by atoms with Crippen molar-refractivity contribution in [2.45, 2.75) is 65.8 Å². The third-order valence-electron chi connectivity index (χ3n) is 7.84. The lowest BCUT2D eigenvalue weighted by molar-refractivity contribution is 0.124. The number of urea groups is 1. The van der Waals surface area contributed by atoms with Crippen molar-refractivity contribution in [3.63, 3.8) is 0 Å². The summed E-state index contributed by atoms with van der Waals surface area (Å²) < 4.78 is 0. The number of amides is 2. The van der Waals surface area contributed by atoms with Crippen LogP contribution in [0.2, 0.25) is 0 Å². The number of likely N-dealkylation sites (tertiary alicyclic amines) is 2. The van der Waals surface area contributed by atoms with Gasteiger partial charge in [-0.3, -0.25) is 9.80 Å². The number of nitrogens with one attached hydrogen (secondary N) is 1. The molecule has 1 N–H and O–H groups in total. The Morgan fingerprint density at radius 3 is 2.24 bits per heavy atom. The summed E-state index contributed by atoms with van der Waals surface area (Å²) >= 11 is 0. The van der Waals surface area contributed by atoms with E-state index in [1.165, 1.54) is 70.4 Å². The predicted octanol–water partition coefficient (Wildman–Crippen LogP) is 5.40. The van der Waals surface area contributed by atoms with Gasteiger partial charge in [0.15, 0.2) is 0 Å². The molecule has 2 amide bonds. The van der Waals surface area contributed by atoms with Gasteiger partial charge in [-0.1, -0.05) is 32.6 Å². The standard InChI is InChI=1S/C28H44N4O/c1-21(2)19-30-12-8-24(9-13-30)17-25-10-14-31(15-11-25)20-26-6-5-22(3)27(18-26)32-16-7-23(4)29-28(32)33/h5-6,18,21,24-25H,4,7-17,19-20H2,1-3H3,(H,29,33). The fourth-order valence-electron chi connectivity index (χ4n) is 5.93. The molecule has 0 aliphatic carbocycles. The zero-order valence-corrected chi connectivity index (χ0v) is 21.1. The number of carbonyl (C=O) groups excluding carboxylic acids is 1. The third kappa shape index (κ3) is 6.60. The van der Waals surface area contributed by atoms with Crippen molar-refractivity contribution >= 4 is 11.7 Å². The molecule has 3 fully saturated rings. The highest BCUT2D eigenvalue weighted by Gasteiger charge is 2.26. The second-order valence-corrected chi connectivity index (χ2v) is 11.1. The summed E-state index contributed by atoms with van der Waals surface area (Å²) in [6.45, 7) is 18.6. The van der Waals surface area contributed by atoms with Crippen molar-refractivity contribution < 1.29 is 4.79 Å². The summed E-state index contributed by atoms with van der Waals surface area (Å²) in [5.41, 5.74) is 4.31. The van der Waals surface area contributed by atoms with Crippen LogP contribution in [-0.4, -0.2) is 55.1 Å². The molecule has 3 aliphatic heterocycles. The van der Waals surface area contributed by atoms with E-state index in [0.717, 1.165) is 47.7 Å². The molecule has 33 heavy (non-hydrogen) atoms. The lowest BCUT2D eigenvalue weighted by atomic mass is 9.82. The molecule has 0 bridgehead atoms. The van der Waals surface area contributed by atoms with Crippen LogP contribution in [0.25, 0.3) is 0 Å². The Bertz CT molecular complexity index is 819. The van der Waals surface area contributed by atoms with Crippen LogP contribution in [0.3, 0.4) is 0 Å². The molecular formula is C28H44N4O. The molecule has 0 spiro atoms. The fourth-order valence-corrected chi connectivity index (χ4v) is 5.93. The number of piperidine rings is 2. The molecule has 3 saturated heterocycles. The monoisotopic (exact) mass is 452 g/mol. The summed E-state index contributed by atoms with van der Waals surface area (Å²) in [6, 6.07) is 6.57. The van der Waals surface area contributed by atoms with E-state index in [1.807, 2.05) is 4.90 Å². The first-order chi connectivity index (χ1) is 15.9. The van der Waals surface area contributed by atoms with Crippen molar-refractivity contribution in [1.29, 1.82) is 0 Å². The molecule has 3 aliphatic rings. The Labute approximate surface area is 201 Å². The third-order valence-corrected chi connectivity index (χ3v) is 7.84. The molecule has 0 radical (unpaired) electrons. The Morgan fingerprint density at radius 2 is 1.64 bits per heavy atom. The van der Waals surface area contributed by atoms with Crippen molar-refractivity contribution in [2.75, 3.05) is 44.2 Å². The van der Waals surface area contributed by atoms with E-state index in [1.54, 1.807) is 0 Å². The summed E-state index contributed by atoms with van der Waals surface area (Å²) in [6.07, 6.45) is 7.71. The Morgan fingerprint density at radius 1 is 1.00 bits per heavy atom. The largest absolute Gasteiger partial charge is 0.326 e. The van der Waals surface area contributed by atoms with Crippen molar-refractivity contribution in [3.8, 4) is 0 Å². The topological polar surface area (TPSA) is 38.8 Å². The van der Waals surface area contributed by atoms with Gasteiger partial charge in [0.1, 0.15) is 0 Å². The number of carbonyl (C=O) groups is 1. The second-order valence-electron chi connectivity index (χ2n) is 11.1. The number of benzene rings is 1. The fraction of sp³-hybridized carbons (Fsp3) is 0.679. The molecule has 0 aromatic heterocycles. The van der Waals surface area contributed by atoms with E-state index in [0.29, 0.717) is 6.54 Å². The van der Waals surface area contributed by atoms with Crippen LogP contribution in [0.4, 0.5) is 10.5 Å². The predicted molar refractivity (Wildman–Crippen MR) is 137 cm³/mol. The molecule has 1 aromatic carbocycles. The highest BCUT2D eigenvalue weighted by atomic mass is 16.2. The smallest absolute Gasteiger partial charge is 0.312 e. The van der Waals surface area contributed by atoms with E-state index in [9.17, 15) is 4.79 Å². The maximum atomic E-state index is 12.5. The quantitative estimate of drug-likeness (QED) is 0.602. The number of hydrogen-bond acceptors (Lipinski definition) is 3. The van der Waals surface area contributed by atoms with E-state index >= 15 is 0 Å². The van der Waals surface area contributed by atoms with Gasteiger partial charge in [-0.15, -0.1) is 0 Å². The van der Waals surface area contributed by atoms with Crippen molar-refractivity contribution in [2.24, 2.45) is 17.8 Å². The van der Waals surface area contributed by atoms with Crippen molar-refractivity contribution in [3.05, 3.63) is 41.6 Å². The van der Waals surface area contributed by atoms with Gasteiger partial charge in [-0.2, -0.15) is 0 Å². The van der Waals surface area contributed by atoms with E-state index in [4.69, 9.17) is 0 Å². The summed E-state index contributed by atoms with van der Waals surface area (Å²) in [5, 5.41) is 2.88. The molecular weight excluding hydrogens is 408 g/mol. The van der Waals surface area contributed by atoms with Crippen LogP contribution < -0.4 is 10.2 Å². The van der Waals surface area contributed by atoms with Crippen LogP contribution in [0.1, 0.15) is 63.5 Å². The van der Waals surface area contributed by atoms with Gasteiger partial charge < -0.3 is 10.2 Å². The minimum absolute atomic E-state index is 0.0534. The normalized spacial score (nSPS) is 22.2. The SMILES string of the molecule is C=C1CCN(c2cc(CN3CCC(CC4CCN(CC(C)C)CC4)CC3)ccc2C)C(=O)N1. The molecule has 4 rings (SSSR count). The highest BCUT2D eigenvalue weighted by Crippen LogP contribution is 2.31. The summed E-state index contributed by atoms with van der Waals surface area (Å²) in [4.78, 5) is 19.6.